The average Bonchev–Trinajstić information content (AvgIpc) is 3.30. The molecule has 0 spiro atoms. The molecule has 202 valence electrons. The molecule has 0 aromatic rings. The minimum atomic E-state index is -0.402. The molecule has 4 rings (SSSR count). The Hall–Kier alpha value is -2.20. The van der Waals surface area contributed by atoms with E-state index >= 15 is 0 Å². The maximum Gasteiger partial charge on any atom is 0.324 e. The van der Waals surface area contributed by atoms with Gasteiger partial charge in [-0.05, 0) is 64.7 Å². The molecule has 0 aromatic carbocycles. The zero-order valence-electron chi connectivity index (χ0n) is 21.7. The largest absolute Gasteiger partial charge is 0.324 e. The Morgan fingerprint density at radius 1 is 0.528 bits per heavy atom. The number of hydrogen-bond acceptors (Lipinski definition) is 6. The number of unbranched alkanes of at least 4 members (excludes halogenated alkanes) is 5. The van der Waals surface area contributed by atoms with Crippen LogP contribution >= 0.6 is 0 Å². The predicted molar refractivity (Wildman–Crippen MR) is 136 cm³/mol. The van der Waals surface area contributed by atoms with Crippen LogP contribution in [0.1, 0.15) is 77.0 Å². The third-order valence-electron chi connectivity index (χ3n) is 8.01. The Balaban J connectivity index is 1.05. The zero-order valence-corrected chi connectivity index (χ0v) is 21.7. The van der Waals surface area contributed by atoms with Gasteiger partial charge >= 0.3 is 12.1 Å². The first-order chi connectivity index (χ1) is 17.5. The molecule has 0 bridgehead atoms. The van der Waals surface area contributed by atoms with Crippen LogP contribution in [-0.4, -0.2) is 108 Å². The standard InChI is InChI=1S/C26H44N6O4/c33-23-21(19-29-13-7-5-8-14-29)27-25(35)31(23)17-11-3-1-2-4-12-18-32-24(34)22(28-26(32)36)20-30-15-9-6-10-16-30/h21-22H,1-20H2,(H,27,35)(H,28,36). The van der Waals surface area contributed by atoms with E-state index in [0.717, 1.165) is 64.7 Å². The molecule has 2 atom stereocenters. The zero-order chi connectivity index (χ0) is 25.3. The Morgan fingerprint density at radius 2 is 0.889 bits per heavy atom. The van der Waals surface area contributed by atoms with E-state index in [2.05, 4.69) is 20.4 Å². The van der Waals surface area contributed by atoms with Crippen LogP contribution in [0.3, 0.4) is 0 Å². The lowest BCUT2D eigenvalue weighted by atomic mass is 10.1. The lowest BCUT2D eigenvalue weighted by Crippen LogP contribution is -2.44. The first kappa shape index (κ1) is 26.9. The van der Waals surface area contributed by atoms with Crippen molar-refractivity contribution >= 4 is 23.9 Å². The van der Waals surface area contributed by atoms with Crippen molar-refractivity contribution in [2.24, 2.45) is 0 Å². The van der Waals surface area contributed by atoms with Crippen LogP contribution in [0.5, 0.6) is 0 Å². The molecule has 0 aliphatic carbocycles. The normalized spacial score (nSPS) is 26.1. The SMILES string of the molecule is O=C1NC(CN2CCCCC2)C(=O)N1CCCCCCCCN1C(=O)NC(CN2CCCCC2)C1=O. The maximum atomic E-state index is 12.7. The van der Waals surface area contributed by atoms with Crippen molar-refractivity contribution in [2.45, 2.75) is 89.1 Å². The summed E-state index contributed by atoms with van der Waals surface area (Å²) in [6.07, 6.45) is 12.7. The molecule has 4 saturated heterocycles. The number of urea groups is 2. The molecule has 2 unspecified atom stereocenters. The van der Waals surface area contributed by atoms with Crippen LogP contribution in [0.2, 0.25) is 0 Å². The van der Waals surface area contributed by atoms with Gasteiger partial charge in [0.15, 0.2) is 0 Å². The lowest BCUT2D eigenvalue weighted by molar-refractivity contribution is -0.128. The van der Waals surface area contributed by atoms with Crippen molar-refractivity contribution in [3.05, 3.63) is 0 Å². The van der Waals surface area contributed by atoms with Crippen molar-refractivity contribution in [3.8, 4) is 0 Å². The number of nitrogens with zero attached hydrogens (tertiary/aromatic N) is 4. The number of rotatable bonds is 13. The molecule has 10 nitrogen and oxygen atoms in total. The highest BCUT2D eigenvalue weighted by Gasteiger charge is 2.39. The molecule has 2 N–H and O–H groups in total. The van der Waals surface area contributed by atoms with E-state index in [4.69, 9.17) is 0 Å². The summed E-state index contributed by atoms with van der Waals surface area (Å²) in [6, 6.07) is -1.32. The van der Waals surface area contributed by atoms with Crippen LogP contribution in [0.25, 0.3) is 0 Å². The molecular weight excluding hydrogens is 460 g/mol. The fourth-order valence-electron chi connectivity index (χ4n) is 5.87. The minimum Gasteiger partial charge on any atom is -0.324 e. The van der Waals surface area contributed by atoms with Gasteiger partial charge < -0.3 is 20.4 Å². The summed E-state index contributed by atoms with van der Waals surface area (Å²) < 4.78 is 0. The predicted octanol–water partition coefficient (Wildman–Crippen LogP) is 2.14. The van der Waals surface area contributed by atoms with E-state index in [-0.39, 0.29) is 23.9 Å². The summed E-state index contributed by atoms with van der Waals surface area (Å²) in [5.74, 6) is -0.171. The van der Waals surface area contributed by atoms with Crippen molar-refractivity contribution in [1.82, 2.24) is 30.2 Å². The molecule has 4 fully saturated rings. The van der Waals surface area contributed by atoms with Crippen LogP contribution < -0.4 is 10.6 Å². The lowest BCUT2D eigenvalue weighted by Gasteiger charge is -2.28. The van der Waals surface area contributed by atoms with Gasteiger partial charge in [0, 0.05) is 26.2 Å². The second-order valence-corrected chi connectivity index (χ2v) is 10.8. The summed E-state index contributed by atoms with van der Waals surface area (Å²) in [4.78, 5) is 57.2. The summed E-state index contributed by atoms with van der Waals surface area (Å²) in [5.41, 5.74) is 0. The van der Waals surface area contributed by atoms with Gasteiger partial charge in [0.2, 0.25) is 0 Å². The van der Waals surface area contributed by atoms with E-state index in [1.165, 1.54) is 48.3 Å². The van der Waals surface area contributed by atoms with Gasteiger partial charge in [-0.2, -0.15) is 0 Å². The second kappa shape index (κ2) is 13.4. The molecular formula is C26H44N6O4. The molecule has 4 aliphatic heterocycles. The smallest absolute Gasteiger partial charge is 0.324 e. The Bertz CT molecular complexity index is 716. The number of imide groups is 2. The van der Waals surface area contributed by atoms with Crippen LogP contribution in [0.4, 0.5) is 9.59 Å². The van der Waals surface area contributed by atoms with Crippen LogP contribution in [0.15, 0.2) is 0 Å². The number of piperidine rings is 2. The highest BCUT2D eigenvalue weighted by atomic mass is 16.2. The number of carbonyl (C=O) groups excluding carboxylic acids is 4. The van der Waals surface area contributed by atoms with Crippen LogP contribution in [-0.2, 0) is 9.59 Å². The minimum absolute atomic E-state index is 0.0854. The number of carbonyl (C=O) groups is 4. The number of likely N-dealkylation sites (tertiary alicyclic amines) is 2. The average molecular weight is 505 g/mol. The van der Waals surface area contributed by atoms with Gasteiger partial charge in [-0.25, -0.2) is 9.59 Å². The number of nitrogens with one attached hydrogen (secondary N) is 2. The van der Waals surface area contributed by atoms with Gasteiger partial charge in [0.05, 0.1) is 0 Å². The first-order valence-corrected chi connectivity index (χ1v) is 14.2. The first-order valence-electron chi connectivity index (χ1n) is 14.2. The summed E-state index contributed by atoms with van der Waals surface area (Å²) in [5, 5.41) is 5.72. The molecule has 10 heteroatoms. The highest BCUT2D eigenvalue weighted by Crippen LogP contribution is 2.16. The van der Waals surface area contributed by atoms with Gasteiger partial charge in [-0.1, -0.05) is 38.5 Å². The number of hydrogen-bond donors (Lipinski definition) is 2. The van der Waals surface area contributed by atoms with Gasteiger partial charge in [-0.3, -0.25) is 19.4 Å². The fourth-order valence-corrected chi connectivity index (χ4v) is 5.87. The fraction of sp³-hybridized carbons (Fsp3) is 0.846. The molecule has 36 heavy (non-hydrogen) atoms. The third-order valence-corrected chi connectivity index (χ3v) is 8.01. The van der Waals surface area contributed by atoms with E-state index in [1.54, 1.807) is 0 Å². The van der Waals surface area contributed by atoms with Crippen molar-refractivity contribution in [1.29, 1.82) is 0 Å². The summed E-state index contributed by atoms with van der Waals surface area (Å²) in [6.45, 7) is 6.23. The van der Waals surface area contributed by atoms with E-state index in [1.807, 2.05) is 0 Å². The van der Waals surface area contributed by atoms with E-state index in [9.17, 15) is 19.2 Å². The Kier molecular flexibility index (Phi) is 9.98. The van der Waals surface area contributed by atoms with Gasteiger partial charge in [0.1, 0.15) is 12.1 Å². The maximum absolute atomic E-state index is 12.7. The topological polar surface area (TPSA) is 105 Å². The molecule has 0 saturated carbocycles. The highest BCUT2D eigenvalue weighted by molar-refractivity contribution is 6.04. The Morgan fingerprint density at radius 3 is 1.28 bits per heavy atom. The third kappa shape index (κ3) is 7.18. The monoisotopic (exact) mass is 504 g/mol. The molecule has 4 heterocycles. The van der Waals surface area contributed by atoms with Crippen molar-refractivity contribution < 1.29 is 19.2 Å². The van der Waals surface area contributed by atoms with E-state index in [0.29, 0.717) is 26.2 Å². The van der Waals surface area contributed by atoms with Gasteiger partial charge in [-0.15, -0.1) is 0 Å². The molecule has 0 aromatic heterocycles. The molecule has 6 amide bonds. The van der Waals surface area contributed by atoms with Gasteiger partial charge in [0.25, 0.3) is 11.8 Å². The molecule has 4 aliphatic rings. The second-order valence-electron chi connectivity index (χ2n) is 10.8. The quantitative estimate of drug-likeness (QED) is 0.294. The summed E-state index contributed by atoms with van der Waals surface area (Å²) in [7, 11) is 0. The summed E-state index contributed by atoms with van der Waals surface area (Å²) >= 11 is 0. The van der Waals surface area contributed by atoms with Crippen molar-refractivity contribution in [3.63, 3.8) is 0 Å². The molecule has 0 radical (unpaired) electrons. The van der Waals surface area contributed by atoms with E-state index < -0.39 is 12.1 Å². The van der Waals surface area contributed by atoms with Crippen LogP contribution in [0, 0.1) is 0 Å². The number of amides is 6. The van der Waals surface area contributed by atoms with Crippen molar-refractivity contribution in [2.75, 3.05) is 52.4 Å². The Labute approximate surface area is 215 Å².